The van der Waals surface area contributed by atoms with Crippen LogP contribution in [0.1, 0.15) is 54.2 Å². The van der Waals surface area contributed by atoms with Crippen molar-refractivity contribution in [2.75, 3.05) is 23.5 Å². The smallest absolute Gasteiger partial charge is 0.266 e. The molecule has 0 unspecified atom stereocenters. The van der Waals surface area contributed by atoms with Gasteiger partial charge in [-0.3, -0.25) is 14.5 Å². The van der Waals surface area contributed by atoms with Crippen LogP contribution in [0.25, 0.3) is 0 Å². The summed E-state index contributed by atoms with van der Waals surface area (Å²) in [5.41, 5.74) is 3.92. The molecular formula is C44H42N2O6. The molecule has 2 amide bonds. The van der Waals surface area contributed by atoms with Gasteiger partial charge in [-0.15, -0.1) is 0 Å². The average Bonchev–Trinajstić information content (AvgIpc) is 3.54. The molecule has 0 saturated carbocycles. The summed E-state index contributed by atoms with van der Waals surface area (Å²) in [6, 6.07) is 38.5. The summed E-state index contributed by atoms with van der Waals surface area (Å²) in [4.78, 5) is 32.4. The van der Waals surface area contributed by atoms with Crippen LogP contribution >= 0.6 is 0 Å². The normalized spacial score (nSPS) is 22.1. The standard InChI is InChI=1S/C44H42N2O6/c1-28-40(43(2,3)30-19-23-32(50-4)24-20-30)39(25-26-47)52-44(28)34-12-6-7-13-35(34)45(42(44)49)27-29-17-21-31(22-18-29)46-36-14-8-10-16-38(36)51-37-15-9-5-11-33(37)41(46)48/h5-24,28,39-40,47H,25-27H2,1-4H3/t28-,39+,40-,44+/m0/s1. The Bertz CT molecular complexity index is 2150. The second-order valence-electron chi connectivity index (χ2n) is 14.5. The molecule has 1 spiro atoms. The van der Waals surface area contributed by atoms with E-state index in [0.717, 1.165) is 28.1 Å². The van der Waals surface area contributed by atoms with Gasteiger partial charge in [-0.2, -0.15) is 0 Å². The number of fused-ring (bicyclic) bond motifs is 4. The molecule has 8 nitrogen and oxygen atoms in total. The van der Waals surface area contributed by atoms with Crippen LogP contribution < -0.4 is 19.3 Å². The van der Waals surface area contributed by atoms with Gasteiger partial charge in [-0.05, 0) is 77.6 Å². The average molecular weight is 695 g/mol. The maximum Gasteiger partial charge on any atom is 0.266 e. The van der Waals surface area contributed by atoms with Crippen molar-refractivity contribution < 1.29 is 28.9 Å². The molecule has 1 N–H and O–H groups in total. The Balaban J connectivity index is 1.12. The Kier molecular flexibility index (Phi) is 8.39. The summed E-state index contributed by atoms with van der Waals surface area (Å²) in [5, 5.41) is 10.2. The highest BCUT2D eigenvalue weighted by Gasteiger charge is 2.65. The van der Waals surface area contributed by atoms with Gasteiger partial charge in [0, 0.05) is 29.7 Å². The zero-order chi connectivity index (χ0) is 36.2. The van der Waals surface area contributed by atoms with Crippen molar-refractivity contribution in [3.8, 4) is 17.2 Å². The molecule has 0 aromatic heterocycles. The fourth-order valence-corrected chi connectivity index (χ4v) is 8.82. The number of para-hydroxylation sites is 4. The van der Waals surface area contributed by atoms with Crippen molar-refractivity contribution in [2.45, 2.75) is 50.9 Å². The number of amides is 2. The Morgan fingerprint density at radius 1 is 0.808 bits per heavy atom. The van der Waals surface area contributed by atoms with Gasteiger partial charge >= 0.3 is 0 Å². The van der Waals surface area contributed by atoms with Gasteiger partial charge in [0.15, 0.2) is 11.4 Å². The topological polar surface area (TPSA) is 88.5 Å². The zero-order valence-corrected chi connectivity index (χ0v) is 29.8. The number of aliphatic hydroxyl groups excluding tert-OH is 1. The van der Waals surface area contributed by atoms with Gasteiger partial charge in [-0.1, -0.05) is 87.5 Å². The number of anilines is 3. The first-order valence-electron chi connectivity index (χ1n) is 17.8. The number of nitrogens with zero attached hydrogens (tertiary/aromatic N) is 2. The molecule has 3 aliphatic heterocycles. The molecule has 5 aromatic rings. The van der Waals surface area contributed by atoms with E-state index in [1.54, 1.807) is 24.1 Å². The number of hydrogen-bond acceptors (Lipinski definition) is 6. The number of benzene rings is 5. The third kappa shape index (κ3) is 5.20. The summed E-state index contributed by atoms with van der Waals surface area (Å²) >= 11 is 0. The van der Waals surface area contributed by atoms with Gasteiger partial charge in [0.1, 0.15) is 11.5 Å². The molecule has 4 atom stereocenters. The van der Waals surface area contributed by atoms with E-state index in [2.05, 4.69) is 32.9 Å². The van der Waals surface area contributed by atoms with E-state index in [1.807, 2.05) is 102 Å². The fraction of sp³-hybridized carbons (Fsp3) is 0.273. The molecule has 1 saturated heterocycles. The van der Waals surface area contributed by atoms with Gasteiger partial charge in [0.05, 0.1) is 36.7 Å². The fourth-order valence-electron chi connectivity index (χ4n) is 8.82. The Hall–Kier alpha value is -5.44. The minimum Gasteiger partial charge on any atom is -0.497 e. The zero-order valence-electron chi connectivity index (χ0n) is 29.8. The van der Waals surface area contributed by atoms with Gasteiger partial charge in [0.2, 0.25) is 0 Å². The van der Waals surface area contributed by atoms with Crippen molar-refractivity contribution in [1.82, 2.24) is 0 Å². The third-order valence-corrected chi connectivity index (χ3v) is 11.3. The van der Waals surface area contributed by atoms with Crippen molar-refractivity contribution in [3.05, 3.63) is 144 Å². The van der Waals surface area contributed by atoms with Crippen molar-refractivity contribution in [1.29, 1.82) is 0 Å². The summed E-state index contributed by atoms with van der Waals surface area (Å²) in [7, 11) is 1.65. The second kappa shape index (κ2) is 13.0. The summed E-state index contributed by atoms with van der Waals surface area (Å²) in [6.07, 6.45) is 0.0673. The van der Waals surface area contributed by atoms with E-state index in [-0.39, 0.29) is 41.8 Å². The predicted octanol–water partition coefficient (Wildman–Crippen LogP) is 8.53. The molecule has 264 valence electrons. The summed E-state index contributed by atoms with van der Waals surface area (Å²) in [5.74, 6) is 1.31. The van der Waals surface area contributed by atoms with Crippen LogP contribution in [-0.2, 0) is 27.1 Å². The first kappa shape index (κ1) is 33.7. The van der Waals surface area contributed by atoms with Crippen molar-refractivity contribution in [3.63, 3.8) is 0 Å². The largest absolute Gasteiger partial charge is 0.497 e. The van der Waals surface area contributed by atoms with E-state index >= 15 is 0 Å². The number of methoxy groups -OCH3 is 1. The third-order valence-electron chi connectivity index (χ3n) is 11.3. The number of carbonyl (C=O) groups is 2. The van der Waals surface area contributed by atoms with Crippen molar-refractivity contribution in [2.24, 2.45) is 11.8 Å². The molecule has 52 heavy (non-hydrogen) atoms. The second-order valence-corrected chi connectivity index (χ2v) is 14.5. The Morgan fingerprint density at radius 2 is 1.46 bits per heavy atom. The van der Waals surface area contributed by atoms with E-state index < -0.39 is 5.60 Å². The number of ether oxygens (including phenoxy) is 3. The molecule has 8 rings (SSSR count). The van der Waals surface area contributed by atoms with Crippen LogP contribution in [0.4, 0.5) is 17.1 Å². The number of rotatable bonds is 8. The number of hydrogen-bond donors (Lipinski definition) is 1. The van der Waals surface area contributed by atoms with E-state index in [0.29, 0.717) is 41.4 Å². The van der Waals surface area contributed by atoms with Crippen LogP contribution in [-0.4, -0.2) is 36.7 Å². The maximum absolute atomic E-state index is 14.9. The Morgan fingerprint density at radius 3 is 2.17 bits per heavy atom. The van der Waals surface area contributed by atoms with Crippen molar-refractivity contribution >= 4 is 28.9 Å². The van der Waals surface area contributed by atoms with Crippen LogP contribution in [0.2, 0.25) is 0 Å². The molecule has 0 radical (unpaired) electrons. The van der Waals surface area contributed by atoms with E-state index in [1.165, 1.54) is 0 Å². The highest BCUT2D eigenvalue weighted by Crippen LogP contribution is 2.60. The number of carbonyl (C=O) groups excluding carboxylic acids is 2. The SMILES string of the molecule is COc1ccc(C(C)(C)[C@@H]2[C@@H](CCO)O[C@]3(C(=O)N(Cc4ccc(N5C(=O)c6ccccc6Oc6ccccc65)cc4)c4ccccc43)[C@H]2C)cc1. The lowest BCUT2D eigenvalue weighted by atomic mass is 9.63. The van der Waals surface area contributed by atoms with E-state index in [9.17, 15) is 14.7 Å². The summed E-state index contributed by atoms with van der Waals surface area (Å²) in [6.45, 7) is 6.80. The van der Waals surface area contributed by atoms with Gasteiger partial charge in [-0.25, -0.2) is 0 Å². The quantitative estimate of drug-likeness (QED) is 0.175. The minimum absolute atomic E-state index is 0.0454. The number of aliphatic hydroxyl groups is 1. The molecule has 3 heterocycles. The summed E-state index contributed by atoms with van der Waals surface area (Å²) < 4.78 is 18.6. The lowest BCUT2D eigenvalue weighted by molar-refractivity contribution is -0.146. The van der Waals surface area contributed by atoms with Crippen LogP contribution in [0.15, 0.2) is 121 Å². The molecular weight excluding hydrogens is 652 g/mol. The van der Waals surface area contributed by atoms with E-state index in [4.69, 9.17) is 14.2 Å². The first-order valence-corrected chi connectivity index (χ1v) is 17.8. The minimum atomic E-state index is -1.21. The molecule has 0 aliphatic carbocycles. The molecule has 3 aliphatic rings. The maximum atomic E-state index is 14.9. The van der Waals surface area contributed by atoms with Crippen LogP contribution in [0.3, 0.4) is 0 Å². The molecule has 0 bridgehead atoms. The lowest BCUT2D eigenvalue weighted by Crippen LogP contribution is -2.45. The highest BCUT2D eigenvalue weighted by molar-refractivity contribution is 6.14. The predicted molar refractivity (Wildman–Crippen MR) is 200 cm³/mol. The highest BCUT2D eigenvalue weighted by atomic mass is 16.5. The van der Waals surface area contributed by atoms with Gasteiger partial charge in [0.25, 0.3) is 11.8 Å². The lowest BCUT2D eigenvalue weighted by Gasteiger charge is -2.38. The van der Waals surface area contributed by atoms with Gasteiger partial charge < -0.3 is 24.2 Å². The first-order chi connectivity index (χ1) is 25.2. The monoisotopic (exact) mass is 694 g/mol. The van der Waals surface area contributed by atoms with Crippen LogP contribution in [0.5, 0.6) is 17.2 Å². The molecule has 1 fully saturated rings. The molecule has 8 heteroatoms. The Labute approximate surface area is 304 Å². The molecule has 5 aromatic carbocycles. The van der Waals surface area contributed by atoms with Crippen LogP contribution in [0, 0.1) is 11.8 Å².